The summed E-state index contributed by atoms with van der Waals surface area (Å²) in [5, 5.41) is 1.36. The first-order valence-electron chi connectivity index (χ1n) is 9.64. The van der Waals surface area contributed by atoms with Crippen molar-refractivity contribution >= 4 is 10.9 Å². The van der Waals surface area contributed by atoms with E-state index in [9.17, 15) is 8.78 Å². The van der Waals surface area contributed by atoms with E-state index in [2.05, 4.69) is 28.9 Å². The zero-order valence-corrected chi connectivity index (χ0v) is 14.9. The molecular formula is C21H26F2N2. The molecule has 25 heavy (non-hydrogen) atoms. The topological polar surface area (TPSA) is 19.0 Å². The molecule has 0 radical (unpaired) electrons. The van der Waals surface area contributed by atoms with E-state index >= 15 is 0 Å². The highest BCUT2D eigenvalue weighted by Gasteiger charge is 2.56. The Labute approximate surface area is 147 Å². The van der Waals surface area contributed by atoms with E-state index in [1.807, 2.05) is 6.20 Å². The fourth-order valence-electron chi connectivity index (χ4n) is 5.24. The van der Waals surface area contributed by atoms with Gasteiger partial charge in [-0.25, -0.2) is 8.78 Å². The van der Waals surface area contributed by atoms with E-state index in [0.29, 0.717) is 0 Å². The molecule has 4 heteroatoms. The summed E-state index contributed by atoms with van der Waals surface area (Å²) in [6.07, 6.45) is 6.76. The fourth-order valence-corrected chi connectivity index (χ4v) is 5.24. The molecule has 1 N–H and O–H groups in total. The minimum atomic E-state index is -2.39. The third kappa shape index (κ3) is 2.69. The van der Waals surface area contributed by atoms with Crippen LogP contribution in [0.1, 0.15) is 61.1 Å². The second-order valence-electron chi connectivity index (χ2n) is 8.79. The highest BCUT2D eigenvalue weighted by Crippen LogP contribution is 2.57. The van der Waals surface area contributed by atoms with E-state index in [1.54, 1.807) is 0 Å². The summed E-state index contributed by atoms with van der Waals surface area (Å²) < 4.78 is 26.6. The van der Waals surface area contributed by atoms with Crippen LogP contribution >= 0.6 is 0 Å². The largest absolute Gasteiger partial charge is 0.361 e. The van der Waals surface area contributed by atoms with Crippen molar-refractivity contribution in [2.75, 3.05) is 13.1 Å². The van der Waals surface area contributed by atoms with Crippen LogP contribution in [-0.2, 0) is 6.54 Å². The number of aromatic amines is 1. The molecule has 0 bridgehead atoms. The van der Waals surface area contributed by atoms with Gasteiger partial charge in [0.25, 0.3) is 0 Å². The summed E-state index contributed by atoms with van der Waals surface area (Å²) in [5.74, 6) is -1.66. The van der Waals surface area contributed by atoms with Crippen molar-refractivity contribution in [2.45, 2.75) is 63.8 Å². The zero-order valence-electron chi connectivity index (χ0n) is 14.9. The predicted octanol–water partition coefficient (Wildman–Crippen LogP) is 5.37. The number of fused-ring (bicyclic) bond motifs is 1. The van der Waals surface area contributed by atoms with Gasteiger partial charge in [0.2, 0.25) is 5.92 Å². The lowest BCUT2D eigenvalue weighted by atomic mass is 9.61. The normalized spacial score (nSPS) is 25.4. The third-order valence-corrected chi connectivity index (χ3v) is 6.77. The number of piperidine rings is 1. The Balaban J connectivity index is 1.37. The van der Waals surface area contributed by atoms with Gasteiger partial charge in [0, 0.05) is 36.5 Å². The van der Waals surface area contributed by atoms with Crippen molar-refractivity contribution in [3.63, 3.8) is 0 Å². The third-order valence-electron chi connectivity index (χ3n) is 6.77. The van der Waals surface area contributed by atoms with E-state index in [1.165, 1.54) is 40.4 Å². The molecule has 0 atom stereocenters. The van der Waals surface area contributed by atoms with Gasteiger partial charge in [-0.15, -0.1) is 0 Å². The van der Waals surface area contributed by atoms with Gasteiger partial charge in [0.15, 0.2) is 0 Å². The first-order chi connectivity index (χ1) is 11.9. The van der Waals surface area contributed by atoms with Crippen LogP contribution in [-0.4, -0.2) is 28.9 Å². The Bertz CT molecular complexity index is 801. The molecule has 3 aliphatic rings. The van der Waals surface area contributed by atoms with Crippen LogP contribution in [0.15, 0.2) is 18.3 Å². The Morgan fingerprint density at radius 1 is 1.20 bits per heavy atom. The van der Waals surface area contributed by atoms with Crippen LogP contribution < -0.4 is 0 Å². The molecule has 3 fully saturated rings. The summed E-state index contributed by atoms with van der Waals surface area (Å²) in [5.41, 5.74) is 5.53. The van der Waals surface area contributed by atoms with Crippen LogP contribution in [0.4, 0.5) is 8.78 Å². The molecule has 0 amide bonds. The molecule has 2 aliphatic carbocycles. The molecule has 2 heterocycles. The first-order valence-corrected chi connectivity index (χ1v) is 9.64. The lowest BCUT2D eigenvalue weighted by Crippen LogP contribution is -2.52. The van der Waals surface area contributed by atoms with Crippen molar-refractivity contribution < 1.29 is 8.78 Å². The predicted molar refractivity (Wildman–Crippen MR) is 96.1 cm³/mol. The number of hydrogen-bond acceptors (Lipinski definition) is 1. The number of alkyl halides is 2. The van der Waals surface area contributed by atoms with Gasteiger partial charge < -0.3 is 4.98 Å². The molecule has 1 aliphatic heterocycles. The Hall–Kier alpha value is -1.42. The average molecular weight is 344 g/mol. The number of H-pyrrole nitrogens is 1. The van der Waals surface area contributed by atoms with E-state index in [0.717, 1.165) is 38.4 Å². The molecule has 1 aromatic heterocycles. The highest BCUT2D eigenvalue weighted by molar-refractivity contribution is 5.87. The summed E-state index contributed by atoms with van der Waals surface area (Å²) in [7, 11) is 0. The number of benzene rings is 1. The molecule has 1 aromatic carbocycles. The second-order valence-corrected chi connectivity index (χ2v) is 8.79. The monoisotopic (exact) mass is 344 g/mol. The SMILES string of the molecule is Cc1cc(C2CC2)c(CN2CCC3(CC2)CC(F)(F)C3)c2cc[nH]c12. The number of aromatic nitrogens is 1. The van der Waals surface area contributed by atoms with Crippen molar-refractivity contribution in [3.8, 4) is 0 Å². The van der Waals surface area contributed by atoms with Gasteiger partial charge >= 0.3 is 0 Å². The Kier molecular flexibility index (Phi) is 3.35. The van der Waals surface area contributed by atoms with E-state index in [-0.39, 0.29) is 18.3 Å². The smallest absolute Gasteiger partial charge is 0.249 e. The van der Waals surface area contributed by atoms with Gasteiger partial charge in [-0.1, -0.05) is 6.07 Å². The molecule has 1 saturated heterocycles. The lowest BCUT2D eigenvalue weighted by Gasteiger charge is -2.52. The van der Waals surface area contributed by atoms with Crippen molar-refractivity contribution in [3.05, 3.63) is 35.0 Å². The maximum atomic E-state index is 13.3. The molecule has 5 rings (SSSR count). The van der Waals surface area contributed by atoms with Crippen molar-refractivity contribution in [1.82, 2.24) is 9.88 Å². The van der Waals surface area contributed by atoms with Crippen LogP contribution in [0.5, 0.6) is 0 Å². The fraction of sp³-hybridized carbons (Fsp3) is 0.619. The van der Waals surface area contributed by atoms with Crippen molar-refractivity contribution in [1.29, 1.82) is 0 Å². The Morgan fingerprint density at radius 3 is 2.56 bits per heavy atom. The second kappa shape index (κ2) is 5.29. The number of nitrogens with zero attached hydrogens (tertiary/aromatic N) is 1. The van der Waals surface area contributed by atoms with Gasteiger partial charge in [-0.2, -0.15) is 0 Å². The number of nitrogens with one attached hydrogen (secondary N) is 1. The molecule has 1 spiro atoms. The lowest BCUT2D eigenvalue weighted by molar-refractivity contribution is -0.178. The number of aryl methyl sites for hydroxylation is 1. The summed E-state index contributed by atoms with van der Waals surface area (Å²) in [6, 6.07) is 4.59. The minimum Gasteiger partial charge on any atom is -0.361 e. The quantitative estimate of drug-likeness (QED) is 0.793. The van der Waals surface area contributed by atoms with Gasteiger partial charge in [0.1, 0.15) is 0 Å². The van der Waals surface area contributed by atoms with Crippen LogP contribution in [0.2, 0.25) is 0 Å². The molecular weight excluding hydrogens is 318 g/mol. The summed E-state index contributed by atoms with van der Waals surface area (Å²) >= 11 is 0. The summed E-state index contributed by atoms with van der Waals surface area (Å²) in [6.45, 7) is 5.07. The standard InChI is InChI=1S/C21H26F2N2/c1-14-10-17(15-2-3-15)18(16-4-7-24-19(14)16)11-25-8-5-20(6-9-25)12-21(22,23)13-20/h4,7,10,15,24H,2-3,5-6,8-9,11-13H2,1H3. The maximum absolute atomic E-state index is 13.3. The molecule has 2 nitrogen and oxygen atoms in total. The first kappa shape index (κ1) is 15.8. The van der Waals surface area contributed by atoms with E-state index < -0.39 is 5.92 Å². The van der Waals surface area contributed by atoms with Gasteiger partial charge in [-0.05, 0) is 79.8 Å². The molecule has 134 valence electrons. The van der Waals surface area contributed by atoms with Gasteiger partial charge in [0.05, 0.1) is 0 Å². The molecule has 0 unspecified atom stereocenters. The van der Waals surface area contributed by atoms with Crippen LogP contribution in [0.25, 0.3) is 10.9 Å². The van der Waals surface area contributed by atoms with E-state index in [4.69, 9.17) is 0 Å². The Morgan fingerprint density at radius 2 is 1.92 bits per heavy atom. The van der Waals surface area contributed by atoms with Crippen LogP contribution in [0, 0.1) is 12.3 Å². The van der Waals surface area contributed by atoms with Gasteiger partial charge in [-0.3, -0.25) is 4.90 Å². The minimum absolute atomic E-state index is 0.0595. The number of rotatable bonds is 3. The number of halogens is 2. The zero-order chi connectivity index (χ0) is 17.2. The maximum Gasteiger partial charge on any atom is 0.249 e. The number of hydrogen-bond donors (Lipinski definition) is 1. The summed E-state index contributed by atoms with van der Waals surface area (Å²) in [4.78, 5) is 5.88. The highest BCUT2D eigenvalue weighted by atomic mass is 19.3. The molecule has 2 aromatic rings. The van der Waals surface area contributed by atoms with Crippen molar-refractivity contribution in [2.24, 2.45) is 5.41 Å². The number of likely N-dealkylation sites (tertiary alicyclic amines) is 1. The average Bonchev–Trinajstić information content (AvgIpc) is 3.26. The molecule has 2 saturated carbocycles. The van der Waals surface area contributed by atoms with Crippen LogP contribution in [0.3, 0.4) is 0 Å².